The van der Waals surface area contributed by atoms with Gasteiger partial charge >= 0.3 is 39.0 Å². The zero-order valence-corrected chi connectivity index (χ0v) is 21.6. The molecule has 0 amide bonds. The number of pyridine rings is 3. The Morgan fingerprint density at radius 2 is 0.500 bits per heavy atom. The van der Waals surface area contributed by atoms with Gasteiger partial charge in [-0.1, -0.05) is 18.2 Å². The van der Waals surface area contributed by atoms with Crippen molar-refractivity contribution in [1.82, 2.24) is 15.0 Å². The molecule has 3 heterocycles. The first-order valence-corrected chi connectivity index (χ1v) is 9.02. The van der Waals surface area contributed by atoms with Crippen LogP contribution in [0, 0.1) is 0 Å². The van der Waals surface area contributed by atoms with E-state index in [4.69, 9.17) is 0 Å². The zero-order valence-electron chi connectivity index (χ0n) is 18.1. The van der Waals surface area contributed by atoms with E-state index >= 15 is 0 Å². The van der Waals surface area contributed by atoms with Gasteiger partial charge in [0.25, 0.3) is 0 Å². The molecule has 0 bridgehead atoms. The minimum atomic E-state index is -1.52. The maximum atomic E-state index is 10.2. The van der Waals surface area contributed by atoms with Crippen molar-refractivity contribution < 1.29 is 98.4 Å². The Kier molecular flexibility index (Phi) is 16.0. The van der Waals surface area contributed by atoms with Gasteiger partial charge in [0.05, 0.1) is 70.0 Å². The van der Waals surface area contributed by atoms with Gasteiger partial charge in [-0.15, -0.1) is 0 Å². The summed E-state index contributed by atoms with van der Waals surface area (Å²) in [5, 5.41) is 61.1. The molecule has 15 nitrogen and oxygen atoms in total. The van der Waals surface area contributed by atoms with E-state index < -0.39 is 70.0 Å². The standard InChI is InChI=1S/3C7H5NO4.2Ru/c3*9-6(10)4-2-1-3-5(8-4)7(11)12;;/h3*1-3H,(H,9,10)(H,11,12);;/q;;;2*+3/p-6. The predicted octanol–water partition coefficient (Wildman–Crippen LogP) is -6.58. The topological polar surface area (TPSA) is 279 Å². The van der Waals surface area contributed by atoms with Crippen molar-refractivity contribution in [2.24, 2.45) is 0 Å². The monoisotopic (exact) mass is 699 g/mol. The molecule has 0 fully saturated rings. The first-order chi connectivity index (χ1) is 16.8. The predicted molar refractivity (Wildman–Crippen MR) is 98.7 cm³/mol. The Labute approximate surface area is 237 Å². The average molecular weight is 697 g/mol. The molecule has 2 radical (unpaired) electrons. The van der Waals surface area contributed by atoms with Crippen LogP contribution in [0.2, 0.25) is 0 Å². The molecule has 0 N–H and O–H groups in total. The Morgan fingerprint density at radius 1 is 0.368 bits per heavy atom. The van der Waals surface area contributed by atoms with Gasteiger partial charge in [-0.2, -0.15) is 0 Å². The smallest absolute Gasteiger partial charge is 0.543 e. The Balaban J connectivity index is 0. The van der Waals surface area contributed by atoms with E-state index in [2.05, 4.69) is 15.0 Å². The summed E-state index contributed by atoms with van der Waals surface area (Å²) >= 11 is 0. The fourth-order valence-electron chi connectivity index (χ4n) is 1.99. The fraction of sp³-hybridized carbons (Fsp3) is 0. The molecule has 38 heavy (non-hydrogen) atoms. The summed E-state index contributed by atoms with van der Waals surface area (Å²) < 4.78 is 0. The van der Waals surface area contributed by atoms with E-state index in [1.54, 1.807) is 0 Å². The molecular weight excluding hydrogens is 688 g/mol. The number of rotatable bonds is 6. The summed E-state index contributed by atoms with van der Waals surface area (Å²) in [4.78, 5) is 70.9. The fourth-order valence-corrected chi connectivity index (χ4v) is 1.99. The summed E-state index contributed by atoms with van der Waals surface area (Å²) in [6.45, 7) is 0. The maximum Gasteiger partial charge on any atom is 3.00 e. The maximum absolute atomic E-state index is 10.2. The number of carbonyl (C=O) groups is 6. The first-order valence-electron chi connectivity index (χ1n) is 9.02. The van der Waals surface area contributed by atoms with E-state index in [9.17, 15) is 59.4 Å². The van der Waals surface area contributed by atoms with E-state index in [-0.39, 0.29) is 39.0 Å². The SMILES string of the molecule is O=C([O-])c1cccc(C(=O)[O-])n1.O=C([O-])c1cccc(C(=O)[O-])n1.O=C([O-])c1cccc(C(=O)[O-])n1.[Ru+3].[Ru+3]. The van der Waals surface area contributed by atoms with Gasteiger partial charge in [0.2, 0.25) is 0 Å². The van der Waals surface area contributed by atoms with Crippen molar-refractivity contribution in [2.75, 3.05) is 0 Å². The number of hydrogen-bond acceptors (Lipinski definition) is 15. The van der Waals surface area contributed by atoms with Crippen molar-refractivity contribution >= 4 is 35.8 Å². The number of carboxylic acid groups (broad SMARTS) is 6. The first kappa shape index (κ1) is 35.7. The molecule has 3 rings (SSSR count). The van der Waals surface area contributed by atoms with Gasteiger partial charge < -0.3 is 59.4 Å². The van der Waals surface area contributed by atoms with Crippen LogP contribution in [0.1, 0.15) is 62.9 Å². The van der Waals surface area contributed by atoms with E-state index in [0.717, 1.165) is 36.4 Å². The van der Waals surface area contributed by atoms with Crippen molar-refractivity contribution in [1.29, 1.82) is 0 Å². The van der Waals surface area contributed by atoms with Gasteiger partial charge in [0, 0.05) is 0 Å². The van der Waals surface area contributed by atoms with Crippen LogP contribution >= 0.6 is 0 Å². The summed E-state index contributed by atoms with van der Waals surface area (Å²) in [7, 11) is 0. The van der Waals surface area contributed by atoms with E-state index in [1.807, 2.05) is 0 Å². The normalized spacial score (nSPS) is 8.84. The molecule has 3 aromatic heterocycles. The molecule has 196 valence electrons. The number of carboxylic acids is 6. The summed E-state index contributed by atoms with van der Waals surface area (Å²) in [6, 6.07) is 10.6. The van der Waals surface area contributed by atoms with Crippen molar-refractivity contribution in [2.45, 2.75) is 0 Å². The molecule has 0 aliphatic carbocycles. The second-order valence-corrected chi connectivity index (χ2v) is 5.95. The van der Waals surface area contributed by atoms with Gasteiger partial charge in [-0.05, 0) is 36.4 Å². The molecule has 0 aliphatic rings. The third-order valence-corrected chi connectivity index (χ3v) is 3.50. The Bertz CT molecular complexity index is 1090. The van der Waals surface area contributed by atoms with Crippen LogP contribution in [0.3, 0.4) is 0 Å². The summed E-state index contributed by atoms with van der Waals surface area (Å²) in [6.07, 6.45) is 0. The molecule has 0 aromatic carbocycles. The van der Waals surface area contributed by atoms with Crippen LogP contribution < -0.4 is 30.6 Å². The number of carbonyl (C=O) groups excluding carboxylic acids is 6. The minimum absolute atomic E-state index is 0. The summed E-state index contributed by atoms with van der Waals surface area (Å²) in [5.74, 6) is -9.09. The van der Waals surface area contributed by atoms with Gasteiger partial charge in [0.1, 0.15) is 0 Å². The average Bonchev–Trinajstić information content (AvgIpc) is 2.85. The van der Waals surface area contributed by atoms with Crippen molar-refractivity contribution in [3.8, 4) is 0 Å². The van der Waals surface area contributed by atoms with Crippen LogP contribution in [0.5, 0.6) is 0 Å². The molecule has 17 heteroatoms. The molecule has 0 unspecified atom stereocenters. The van der Waals surface area contributed by atoms with Crippen molar-refractivity contribution in [3.05, 3.63) is 88.8 Å². The largest absolute Gasteiger partial charge is 3.00 e. The number of nitrogens with zero attached hydrogens (tertiary/aromatic N) is 3. The number of aromatic nitrogens is 3. The Hall–Kier alpha value is -4.48. The third-order valence-electron chi connectivity index (χ3n) is 3.50. The molecule has 0 saturated carbocycles. The van der Waals surface area contributed by atoms with Crippen LogP contribution in [-0.2, 0) is 39.0 Å². The molecule has 0 spiro atoms. The third kappa shape index (κ3) is 12.0. The molecule has 0 saturated heterocycles. The second-order valence-electron chi connectivity index (χ2n) is 5.95. The van der Waals surface area contributed by atoms with Gasteiger partial charge in [0.15, 0.2) is 0 Å². The van der Waals surface area contributed by atoms with Crippen LogP contribution in [0.25, 0.3) is 0 Å². The quantitative estimate of drug-likeness (QED) is 0.217. The molecular formula is C21H9N3O12Ru2. The van der Waals surface area contributed by atoms with Gasteiger partial charge in [-0.3, -0.25) is 0 Å². The van der Waals surface area contributed by atoms with Crippen LogP contribution in [0.15, 0.2) is 54.6 Å². The molecule has 0 aliphatic heterocycles. The second kappa shape index (κ2) is 17.1. The zero-order chi connectivity index (χ0) is 27.4. The minimum Gasteiger partial charge on any atom is -0.543 e. The van der Waals surface area contributed by atoms with E-state index in [1.165, 1.54) is 18.2 Å². The van der Waals surface area contributed by atoms with Gasteiger partial charge in [-0.25, -0.2) is 15.0 Å². The molecule has 0 atom stereocenters. The number of hydrogen-bond donors (Lipinski definition) is 0. The van der Waals surface area contributed by atoms with Crippen LogP contribution in [-0.4, -0.2) is 50.8 Å². The van der Waals surface area contributed by atoms with Crippen LogP contribution in [0.4, 0.5) is 0 Å². The van der Waals surface area contributed by atoms with E-state index in [0.29, 0.717) is 0 Å². The van der Waals surface area contributed by atoms with Crippen molar-refractivity contribution in [3.63, 3.8) is 0 Å². The Morgan fingerprint density at radius 3 is 0.605 bits per heavy atom. The number of aromatic carboxylic acids is 6. The molecule has 3 aromatic rings. The summed E-state index contributed by atoms with van der Waals surface area (Å²) in [5.41, 5.74) is -2.52.